The number of hydrogen-bond donors (Lipinski definition) is 0. The van der Waals surface area contributed by atoms with Crippen molar-refractivity contribution in [3.05, 3.63) is 54.6 Å². The summed E-state index contributed by atoms with van der Waals surface area (Å²) < 4.78 is 10.7. The number of rotatable bonds is 18. The molecule has 0 fully saturated rings. The number of carbonyl (C=O) groups is 1. The van der Waals surface area contributed by atoms with E-state index in [2.05, 4.69) is 31.2 Å². The van der Waals surface area contributed by atoms with Crippen LogP contribution in [0, 0.1) is 0 Å². The maximum atomic E-state index is 11.7. The SMILES string of the molecule is CCCCC/C=C\C/C=C\CCCCCCCC(=O)OCCOc1ccccc1. The molecule has 0 aromatic heterocycles. The summed E-state index contributed by atoms with van der Waals surface area (Å²) in [4.78, 5) is 11.7. The van der Waals surface area contributed by atoms with Crippen molar-refractivity contribution in [3.8, 4) is 5.75 Å². The predicted octanol–water partition coefficient (Wildman–Crippen LogP) is 7.42. The van der Waals surface area contributed by atoms with Crippen LogP contribution in [-0.4, -0.2) is 19.2 Å². The van der Waals surface area contributed by atoms with Crippen LogP contribution in [0.25, 0.3) is 0 Å². The van der Waals surface area contributed by atoms with Crippen LogP contribution in [0.5, 0.6) is 5.75 Å². The van der Waals surface area contributed by atoms with Gasteiger partial charge in [-0.15, -0.1) is 0 Å². The van der Waals surface area contributed by atoms with Gasteiger partial charge in [0, 0.05) is 6.42 Å². The highest BCUT2D eigenvalue weighted by Crippen LogP contribution is 2.10. The molecule has 0 unspecified atom stereocenters. The minimum Gasteiger partial charge on any atom is -0.490 e. The molecule has 0 radical (unpaired) electrons. The van der Waals surface area contributed by atoms with Gasteiger partial charge in [-0.25, -0.2) is 0 Å². The highest BCUT2D eigenvalue weighted by atomic mass is 16.6. The highest BCUT2D eigenvalue weighted by molar-refractivity contribution is 5.69. The molecule has 0 atom stereocenters. The molecule has 0 aliphatic carbocycles. The molecule has 1 aromatic carbocycles. The molecule has 1 aromatic rings. The number of allylic oxidation sites excluding steroid dienone is 4. The number of carbonyl (C=O) groups excluding carboxylic acids is 1. The number of benzene rings is 1. The van der Waals surface area contributed by atoms with Gasteiger partial charge in [-0.2, -0.15) is 0 Å². The maximum Gasteiger partial charge on any atom is 0.305 e. The highest BCUT2D eigenvalue weighted by Gasteiger charge is 2.02. The summed E-state index contributed by atoms with van der Waals surface area (Å²) >= 11 is 0. The lowest BCUT2D eigenvalue weighted by Crippen LogP contribution is -2.11. The molecule has 0 aliphatic heterocycles. The molecule has 0 spiro atoms. The van der Waals surface area contributed by atoms with Gasteiger partial charge in [0.25, 0.3) is 0 Å². The summed E-state index contributed by atoms with van der Waals surface area (Å²) in [6, 6.07) is 9.57. The van der Waals surface area contributed by atoms with Crippen LogP contribution in [0.1, 0.15) is 84.0 Å². The van der Waals surface area contributed by atoms with E-state index in [0.29, 0.717) is 19.6 Å². The zero-order valence-corrected chi connectivity index (χ0v) is 18.3. The first-order valence-corrected chi connectivity index (χ1v) is 11.5. The second-order valence-electron chi connectivity index (χ2n) is 7.36. The van der Waals surface area contributed by atoms with Gasteiger partial charge >= 0.3 is 5.97 Å². The van der Waals surface area contributed by atoms with Crippen molar-refractivity contribution in [1.82, 2.24) is 0 Å². The number of hydrogen-bond acceptors (Lipinski definition) is 3. The van der Waals surface area contributed by atoms with Gasteiger partial charge in [-0.1, -0.05) is 81.5 Å². The normalized spacial score (nSPS) is 11.3. The van der Waals surface area contributed by atoms with Crippen molar-refractivity contribution in [1.29, 1.82) is 0 Å². The third-order valence-corrected chi connectivity index (χ3v) is 4.69. The van der Waals surface area contributed by atoms with Crippen molar-refractivity contribution in [2.45, 2.75) is 84.0 Å². The van der Waals surface area contributed by atoms with E-state index < -0.39 is 0 Å². The second kappa shape index (κ2) is 19.3. The third kappa shape index (κ3) is 16.6. The van der Waals surface area contributed by atoms with E-state index in [9.17, 15) is 4.79 Å². The molecule has 29 heavy (non-hydrogen) atoms. The Morgan fingerprint density at radius 2 is 1.45 bits per heavy atom. The summed E-state index contributed by atoms with van der Waals surface area (Å²) in [5.41, 5.74) is 0. The fraction of sp³-hybridized carbons (Fsp3) is 0.577. The molecule has 0 bridgehead atoms. The van der Waals surface area contributed by atoms with Crippen molar-refractivity contribution < 1.29 is 14.3 Å². The Hall–Kier alpha value is -2.03. The zero-order chi connectivity index (χ0) is 20.8. The second-order valence-corrected chi connectivity index (χ2v) is 7.36. The van der Waals surface area contributed by atoms with Crippen molar-refractivity contribution in [2.75, 3.05) is 13.2 Å². The summed E-state index contributed by atoms with van der Waals surface area (Å²) in [7, 11) is 0. The first-order valence-electron chi connectivity index (χ1n) is 11.5. The lowest BCUT2D eigenvalue weighted by Gasteiger charge is -2.07. The van der Waals surface area contributed by atoms with E-state index >= 15 is 0 Å². The number of ether oxygens (including phenoxy) is 2. The number of unbranched alkanes of at least 4 members (excludes halogenated alkanes) is 8. The van der Waals surface area contributed by atoms with Crippen molar-refractivity contribution >= 4 is 5.97 Å². The average Bonchev–Trinajstić information content (AvgIpc) is 2.75. The molecule has 0 amide bonds. The quantitative estimate of drug-likeness (QED) is 0.146. The Kier molecular flexibility index (Phi) is 16.6. The minimum absolute atomic E-state index is 0.118. The first kappa shape index (κ1) is 25.0. The molecule has 0 aliphatic rings. The molecule has 0 saturated heterocycles. The molecule has 162 valence electrons. The van der Waals surface area contributed by atoms with Crippen LogP contribution in [-0.2, 0) is 9.53 Å². The van der Waals surface area contributed by atoms with Crippen LogP contribution in [0.2, 0.25) is 0 Å². The van der Waals surface area contributed by atoms with E-state index in [4.69, 9.17) is 9.47 Å². The number of esters is 1. The lowest BCUT2D eigenvalue weighted by molar-refractivity contribution is -0.144. The van der Waals surface area contributed by atoms with Gasteiger partial charge in [0.15, 0.2) is 0 Å². The molecule has 0 N–H and O–H groups in total. The summed E-state index contributed by atoms with van der Waals surface area (Å²) in [6.07, 6.45) is 22.7. The van der Waals surface area contributed by atoms with Crippen molar-refractivity contribution in [2.24, 2.45) is 0 Å². The summed E-state index contributed by atoms with van der Waals surface area (Å²) in [5.74, 6) is 0.685. The van der Waals surface area contributed by atoms with E-state index in [1.54, 1.807) is 0 Å². The fourth-order valence-corrected chi connectivity index (χ4v) is 2.98. The molecular formula is C26H40O3. The first-order chi connectivity index (χ1) is 14.3. The molecular weight excluding hydrogens is 360 g/mol. The third-order valence-electron chi connectivity index (χ3n) is 4.69. The van der Waals surface area contributed by atoms with Crippen LogP contribution < -0.4 is 4.74 Å². The molecule has 3 nitrogen and oxygen atoms in total. The average molecular weight is 401 g/mol. The largest absolute Gasteiger partial charge is 0.490 e. The van der Waals surface area contributed by atoms with E-state index in [-0.39, 0.29) is 5.97 Å². The summed E-state index contributed by atoms with van der Waals surface area (Å²) in [5, 5.41) is 0. The van der Waals surface area contributed by atoms with Crippen LogP contribution in [0.4, 0.5) is 0 Å². The Balaban J connectivity index is 1.83. The van der Waals surface area contributed by atoms with Crippen LogP contribution >= 0.6 is 0 Å². The van der Waals surface area contributed by atoms with E-state index in [0.717, 1.165) is 31.4 Å². The lowest BCUT2D eigenvalue weighted by atomic mass is 10.1. The van der Waals surface area contributed by atoms with Gasteiger partial charge in [0.05, 0.1) is 0 Å². The van der Waals surface area contributed by atoms with Crippen LogP contribution in [0.3, 0.4) is 0 Å². The molecule has 0 saturated carbocycles. The monoisotopic (exact) mass is 400 g/mol. The zero-order valence-electron chi connectivity index (χ0n) is 18.3. The van der Waals surface area contributed by atoms with Gasteiger partial charge in [-0.3, -0.25) is 4.79 Å². The van der Waals surface area contributed by atoms with E-state index in [1.807, 2.05) is 30.3 Å². The molecule has 0 heterocycles. The van der Waals surface area contributed by atoms with Gasteiger partial charge in [-0.05, 0) is 50.7 Å². The molecule has 1 rings (SSSR count). The predicted molar refractivity (Wildman–Crippen MR) is 122 cm³/mol. The maximum absolute atomic E-state index is 11.7. The van der Waals surface area contributed by atoms with Gasteiger partial charge < -0.3 is 9.47 Å². The number of para-hydroxylation sites is 1. The smallest absolute Gasteiger partial charge is 0.305 e. The van der Waals surface area contributed by atoms with Gasteiger partial charge in [0.2, 0.25) is 0 Å². The Labute approximate surface area is 178 Å². The van der Waals surface area contributed by atoms with Crippen LogP contribution in [0.15, 0.2) is 54.6 Å². The van der Waals surface area contributed by atoms with Gasteiger partial charge in [0.1, 0.15) is 19.0 Å². The Bertz CT molecular complexity index is 548. The van der Waals surface area contributed by atoms with E-state index in [1.165, 1.54) is 44.9 Å². The topological polar surface area (TPSA) is 35.5 Å². The molecule has 3 heteroatoms. The standard InChI is InChI=1S/C26H40O3/c1-2-3-4-5-6-7-8-9-10-11-12-13-14-15-19-22-26(27)29-24-23-28-25-20-17-16-18-21-25/h6-7,9-10,16-18,20-21H,2-5,8,11-15,19,22-24H2,1H3/b7-6-,10-9-. The summed E-state index contributed by atoms with van der Waals surface area (Å²) in [6.45, 7) is 2.96. The fourth-order valence-electron chi connectivity index (χ4n) is 2.98. The Morgan fingerprint density at radius 3 is 2.17 bits per heavy atom. The van der Waals surface area contributed by atoms with Crippen molar-refractivity contribution in [3.63, 3.8) is 0 Å². The minimum atomic E-state index is -0.118. The Morgan fingerprint density at radius 1 is 0.793 bits per heavy atom.